The number of nitrogens with zero attached hydrogens (tertiary/aromatic N) is 2. The van der Waals surface area contributed by atoms with Crippen LogP contribution in [0.3, 0.4) is 0 Å². The standard InChI is InChI=1S/C21H22ClFN4O2/c1-28-19-8-15-18(9-20(19)29-11-13-3-2-6-24-10-13)25-12-26-21(15)27-17-5-4-14(22)7-16(17)23/h4-5,7-9,12-13,24H,2-3,6,10-11H2,1H3,(H,25,26,27)/t13-/m0/s1. The number of nitrogens with one attached hydrogen (secondary N) is 2. The number of benzene rings is 2. The van der Waals surface area contributed by atoms with Gasteiger partial charge in [0, 0.05) is 28.9 Å². The molecule has 0 amide bonds. The van der Waals surface area contributed by atoms with Crippen molar-refractivity contribution in [2.45, 2.75) is 12.8 Å². The number of anilines is 2. The van der Waals surface area contributed by atoms with Crippen LogP contribution in [0.25, 0.3) is 10.9 Å². The van der Waals surface area contributed by atoms with E-state index in [4.69, 9.17) is 21.1 Å². The number of ether oxygens (including phenoxy) is 2. The number of fused-ring (bicyclic) bond motifs is 1. The lowest BCUT2D eigenvalue weighted by atomic mass is 10.0. The Hall–Kier alpha value is -2.64. The van der Waals surface area contributed by atoms with Gasteiger partial charge >= 0.3 is 0 Å². The summed E-state index contributed by atoms with van der Waals surface area (Å²) in [7, 11) is 1.59. The minimum atomic E-state index is -0.461. The van der Waals surface area contributed by atoms with Crippen molar-refractivity contribution < 1.29 is 13.9 Å². The summed E-state index contributed by atoms with van der Waals surface area (Å²) < 4.78 is 25.8. The molecule has 1 aliphatic rings. The van der Waals surface area contributed by atoms with Crippen molar-refractivity contribution in [3.05, 3.63) is 47.5 Å². The first-order valence-electron chi connectivity index (χ1n) is 9.52. The highest BCUT2D eigenvalue weighted by Crippen LogP contribution is 2.35. The highest BCUT2D eigenvalue weighted by atomic mass is 35.5. The molecular weight excluding hydrogens is 395 g/mol. The summed E-state index contributed by atoms with van der Waals surface area (Å²) in [5.74, 6) is 1.69. The first kappa shape index (κ1) is 19.7. The van der Waals surface area contributed by atoms with Gasteiger partial charge in [-0.15, -0.1) is 0 Å². The molecule has 2 aromatic carbocycles. The molecule has 29 heavy (non-hydrogen) atoms. The molecule has 3 aromatic rings. The smallest absolute Gasteiger partial charge is 0.163 e. The zero-order chi connectivity index (χ0) is 20.2. The minimum absolute atomic E-state index is 0.276. The lowest BCUT2D eigenvalue weighted by Crippen LogP contribution is -2.33. The molecule has 0 radical (unpaired) electrons. The zero-order valence-electron chi connectivity index (χ0n) is 16.0. The summed E-state index contributed by atoms with van der Waals surface area (Å²) in [5, 5.41) is 7.43. The first-order valence-corrected chi connectivity index (χ1v) is 9.90. The number of hydrogen-bond donors (Lipinski definition) is 2. The van der Waals surface area contributed by atoms with E-state index in [1.54, 1.807) is 25.3 Å². The van der Waals surface area contributed by atoms with Crippen LogP contribution in [-0.2, 0) is 0 Å². The highest BCUT2D eigenvalue weighted by Gasteiger charge is 2.17. The molecule has 2 heterocycles. The molecule has 0 bridgehead atoms. The molecule has 1 saturated heterocycles. The number of aromatic nitrogens is 2. The lowest BCUT2D eigenvalue weighted by molar-refractivity contribution is 0.211. The SMILES string of the molecule is COc1cc2c(Nc3ccc(Cl)cc3F)ncnc2cc1OC[C@H]1CCCNC1. The molecule has 0 aliphatic carbocycles. The van der Waals surface area contributed by atoms with E-state index >= 15 is 0 Å². The van der Waals surface area contributed by atoms with Gasteiger partial charge in [-0.3, -0.25) is 0 Å². The summed E-state index contributed by atoms with van der Waals surface area (Å²) >= 11 is 5.83. The largest absolute Gasteiger partial charge is 0.493 e. The minimum Gasteiger partial charge on any atom is -0.493 e. The molecule has 0 unspecified atom stereocenters. The summed E-state index contributed by atoms with van der Waals surface area (Å²) in [6, 6.07) is 8.07. The molecule has 1 atom stereocenters. The summed E-state index contributed by atoms with van der Waals surface area (Å²) in [5.41, 5.74) is 0.952. The fourth-order valence-electron chi connectivity index (χ4n) is 3.43. The predicted molar refractivity (Wildman–Crippen MR) is 112 cm³/mol. The van der Waals surface area contributed by atoms with Gasteiger partial charge in [0.2, 0.25) is 0 Å². The van der Waals surface area contributed by atoms with E-state index in [9.17, 15) is 4.39 Å². The van der Waals surface area contributed by atoms with Crippen LogP contribution in [0.4, 0.5) is 15.9 Å². The molecule has 1 fully saturated rings. The first-order chi connectivity index (χ1) is 14.1. The Morgan fingerprint density at radius 2 is 2.14 bits per heavy atom. The summed E-state index contributed by atoms with van der Waals surface area (Å²) in [6.07, 6.45) is 3.73. The van der Waals surface area contributed by atoms with Gasteiger partial charge in [0.05, 0.1) is 24.9 Å². The topological polar surface area (TPSA) is 68.3 Å². The Balaban J connectivity index is 1.62. The highest BCUT2D eigenvalue weighted by molar-refractivity contribution is 6.30. The molecule has 0 saturated carbocycles. The van der Waals surface area contributed by atoms with E-state index in [1.807, 2.05) is 6.07 Å². The molecule has 6 nitrogen and oxygen atoms in total. The predicted octanol–water partition coefficient (Wildman–Crippen LogP) is 4.55. The van der Waals surface area contributed by atoms with Gasteiger partial charge < -0.3 is 20.1 Å². The third kappa shape index (κ3) is 4.52. The third-order valence-electron chi connectivity index (χ3n) is 4.98. The maximum atomic E-state index is 14.2. The van der Waals surface area contributed by atoms with Gasteiger partial charge in [-0.1, -0.05) is 11.6 Å². The lowest BCUT2D eigenvalue weighted by Gasteiger charge is -2.23. The Morgan fingerprint density at radius 1 is 1.24 bits per heavy atom. The molecular formula is C21H22ClFN4O2. The Kier molecular flexibility index (Phi) is 5.97. The molecule has 4 rings (SSSR count). The average Bonchev–Trinajstić information content (AvgIpc) is 2.74. The number of halogens is 2. The quantitative estimate of drug-likeness (QED) is 0.614. The second-order valence-corrected chi connectivity index (χ2v) is 7.45. The van der Waals surface area contributed by atoms with E-state index in [0.29, 0.717) is 45.8 Å². The van der Waals surface area contributed by atoms with Crippen molar-refractivity contribution in [2.24, 2.45) is 5.92 Å². The van der Waals surface area contributed by atoms with Crippen molar-refractivity contribution in [1.82, 2.24) is 15.3 Å². The Labute approximate surface area is 173 Å². The van der Waals surface area contributed by atoms with E-state index in [0.717, 1.165) is 25.9 Å². The fourth-order valence-corrected chi connectivity index (χ4v) is 3.59. The van der Waals surface area contributed by atoms with E-state index in [2.05, 4.69) is 20.6 Å². The number of piperidine rings is 1. The monoisotopic (exact) mass is 416 g/mol. The van der Waals surface area contributed by atoms with Gasteiger partial charge in [-0.25, -0.2) is 14.4 Å². The van der Waals surface area contributed by atoms with Gasteiger partial charge in [0.15, 0.2) is 11.5 Å². The van der Waals surface area contributed by atoms with Crippen molar-refractivity contribution in [3.8, 4) is 11.5 Å². The van der Waals surface area contributed by atoms with Crippen LogP contribution in [0.1, 0.15) is 12.8 Å². The third-order valence-corrected chi connectivity index (χ3v) is 5.21. The van der Waals surface area contributed by atoms with Crippen LogP contribution in [0.15, 0.2) is 36.7 Å². The molecule has 8 heteroatoms. The van der Waals surface area contributed by atoms with E-state index < -0.39 is 5.82 Å². The van der Waals surface area contributed by atoms with Crippen LogP contribution >= 0.6 is 11.6 Å². The maximum Gasteiger partial charge on any atom is 0.163 e. The van der Waals surface area contributed by atoms with Gasteiger partial charge in [0.1, 0.15) is 18.0 Å². The molecule has 0 spiro atoms. The second kappa shape index (κ2) is 8.80. The summed E-state index contributed by atoms with van der Waals surface area (Å²) in [6.45, 7) is 2.64. The van der Waals surface area contributed by atoms with Crippen LogP contribution in [0, 0.1) is 11.7 Å². The van der Waals surface area contributed by atoms with Gasteiger partial charge in [0.25, 0.3) is 0 Å². The molecule has 2 N–H and O–H groups in total. The van der Waals surface area contributed by atoms with Crippen molar-refractivity contribution >= 4 is 34.0 Å². The fraction of sp³-hybridized carbons (Fsp3) is 0.333. The molecule has 1 aromatic heterocycles. The van der Waals surface area contributed by atoms with Crippen LogP contribution in [-0.4, -0.2) is 36.8 Å². The number of rotatable bonds is 6. The normalized spacial score (nSPS) is 16.6. The second-order valence-electron chi connectivity index (χ2n) is 7.02. The van der Waals surface area contributed by atoms with E-state index in [-0.39, 0.29) is 5.69 Å². The maximum absolute atomic E-state index is 14.2. The molecule has 1 aliphatic heterocycles. The zero-order valence-corrected chi connectivity index (χ0v) is 16.8. The number of methoxy groups -OCH3 is 1. The average molecular weight is 417 g/mol. The Bertz CT molecular complexity index is 1010. The van der Waals surface area contributed by atoms with Crippen LogP contribution in [0.5, 0.6) is 11.5 Å². The van der Waals surface area contributed by atoms with Crippen LogP contribution < -0.4 is 20.1 Å². The summed E-state index contributed by atoms with van der Waals surface area (Å²) in [4.78, 5) is 8.60. The van der Waals surface area contributed by atoms with E-state index in [1.165, 1.54) is 12.4 Å². The van der Waals surface area contributed by atoms with Crippen molar-refractivity contribution in [3.63, 3.8) is 0 Å². The number of hydrogen-bond acceptors (Lipinski definition) is 6. The van der Waals surface area contributed by atoms with Gasteiger partial charge in [-0.05, 0) is 43.7 Å². The van der Waals surface area contributed by atoms with Crippen LogP contribution in [0.2, 0.25) is 5.02 Å². The molecule has 152 valence electrons. The Morgan fingerprint density at radius 3 is 2.90 bits per heavy atom. The van der Waals surface area contributed by atoms with Crippen molar-refractivity contribution in [1.29, 1.82) is 0 Å². The van der Waals surface area contributed by atoms with Crippen molar-refractivity contribution in [2.75, 3.05) is 32.1 Å². The van der Waals surface area contributed by atoms with Gasteiger partial charge in [-0.2, -0.15) is 0 Å².